The highest BCUT2D eigenvalue weighted by Gasteiger charge is 2.33. The van der Waals surface area contributed by atoms with E-state index in [-0.39, 0.29) is 5.91 Å². The summed E-state index contributed by atoms with van der Waals surface area (Å²) in [5.74, 6) is -1.40. The van der Waals surface area contributed by atoms with Crippen molar-refractivity contribution >= 4 is 51.9 Å². The average Bonchev–Trinajstić information content (AvgIpc) is 3.08. The Morgan fingerprint density at radius 2 is 2.24 bits per heavy atom. The van der Waals surface area contributed by atoms with E-state index in [2.05, 4.69) is 24.0 Å². The van der Waals surface area contributed by atoms with E-state index >= 15 is 0 Å². The standard InChI is InChI=1S/C18H20N2O3S2/c1-2-3-7-19-8-6-13-9-12(4-5-14(13)19)10-15-17(23)20(11-16(21)22)18(24)25-15/h4-5,9-10H,2-3,6-8,11H2,1H3,(H,21,22)/b15-10+. The lowest BCUT2D eigenvalue weighted by molar-refractivity contribution is -0.140. The van der Waals surface area contributed by atoms with Crippen molar-refractivity contribution in [3.63, 3.8) is 0 Å². The van der Waals surface area contributed by atoms with Crippen molar-refractivity contribution in [3.05, 3.63) is 34.2 Å². The van der Waals surface area contributed by atoms with Crippen molar-refractivity contribution in [2.24, 2.45) is 0 Å². The number of carboxylic acid groups (broad SMARTS) is 1. The molecule has 1 aromatic rings. The molecule has 132 valence electrons. The molecule has 25 heavy (non-hydrogen) atoms. The van der Waals surface area contributed by atoms with Crippen molar-refractivity contribution in [2.75, 3.05) is 24.5 Å². The zero-order valence-electron chi connectivity index (χ0n) is 14.0. The Morgan fingerprint density at radius 1 is 1.44 bits per heavy atom. The minimum Gasteiger partial charge on any atom is -0.480 e. The molecule has 0 aromatic heterocycles. The fraction of sp³-hybridized carbons (Fsp3) is 0.389. The summed E-state index contributed by atoms with van der Waals surface area (Å²) in [6.07, 6.45) is 5.19. The number of benzene rings is 1. The van der Waals surface area contributed by atoms with Gasteiger partial charge in [0.05, 0.1) is 4.91 Å². The minimum atomic E-state index is -1.07. The maximum absolute atomic E-state index is 12.3. The van der Waals surface area contributed by atoms with Gasteiger partial charge < -0.3 is 10.0 Å². The third-order valence-electron chi connectivity index (χ3n) is 4.34. The number of thiocarbonyl (C=S) groups is 1. The summed E-state index contributed by atoms with van der Waals surface area (Å²) in [4.78, 5) is 27.2. The fourth-order valence-electron chi connectivity index (χ4n) is 3.08. The normalized spacial score (nSPS) is 18.4. The van der Waals surface area contributed by atoms with Gasteiger partial charge in [-0.2, -0.15) is 0 Å². The number of hydrogen-bond donors (Lipinski definition) is 1. The molecular formula is C18H20N2O3S2. The molecule has 0 unspecified atom stereocenters. The monoisotopic (exact) mass is 376 g/mol. The van der Waals surface area contributed by atoms with E-state index in [1.165, 1.54) is 24.1 Å². The van der Waals surface area contributed by atoms with E-state index in [0.717, 1.165) is 41.7 Å². The molecule has 0 aliphatic carbocycles. The summed E-state index contributed by atoms with van der Waals surface area (Å²) in [6, 6.07) is 6.24. The van der Waals surface area contributed by atoms with E-state index in [1.807, 2.05) is 6.07 Å². The molecule has 2 aliphatic rings. The van der Waals surface area contributed by atoms with Crippen molar-refractivity contribution in [2.45, 2.75) is 26.2 Å². The second-order valence-corrected chi connectivity index (χ2v) is 7.82. The van der Waals surface area contributed by atoms with Gasteiger partial charge in [-0.25, -0.2) is 0 Å². The topological polar surface area (TPSA) is 60.9 Å². The Balaban J connectivity index is 1.78. The SMILES string of the molecule is CCCCN1CCc2cc(/C=C3/SC(=S)N(CC(=O)O)C3=O)ccc21. The van der Waals surface area contributed by atoms with Crippen LogP contribution in [0.3, 0.4) is 0 Å². The zero-order chi connectivity index (χ0) is 18.0. The van der Waals surface area contributed by atoms with E-state index in [1.54, 1.807) is 6.08 Å². The molecule has 2 heterocycles. The molecule has 1 saturated heterocycles. The first-order chi connectivity index (χ1) is 12.0. The number of hydrogen-bond acceptors (Lipinski definition) is 5. The number of nitrogens with zero attached hydrogens (tertiary/aromatic N) is 2. The van der Waals surface area contributed by atoms with Crippen LogP contribution < -0.4 is 4.90 Å². The highest BCUT2D eigenvalue weighted by molar-refractivity contribution is 8.26. The molecule has 0 atom stereocenters. The number of amides is 1. The smallest absolute Gasteiger partial charge is 0.323 e. The molecule has 0 bridgehead atoms. The first kappa shape index (κ1) is 17.9. The van der Waals surface area contributed by atoms with E-state index in [0.29, 0.717) is 9.23 Å². The Kier molecular flexibility index (Phi) is 5.44. The number of fused-ring (bicyclic) bond motifs is 1. The second kappa shape index (κ2) is 7.58. The van der Waals surface area contributed by atoms with Gasteiger partial charge in [0.15, 0.2) is 0 Å². The lowest BCUT2D eigenvalue weighted by Gasteiger charge is -2.18. The maximum Gasteiger partial charge on any atom is 0.323 e. The van der Waals surface area contributed by atoms with Crippen molar-refractivity contribution in [3.8, 4) is 0 Å². The van der Waals surface area contributed by atoms with Gasteiger partial charge in [-0.15, -0.1) is 0 Å². The van der Waals surface area contributed by atoms with Crippen LogP contribution >= 0.6 is 24.0 Å². The largest absolute Gasteiger partial charge is 0.480 e. The molecule has 2 aliphatic heterocycles. The van der Waals surface area contributed by atoms with Gasteiger partial charge in [0.25, 0.3) is 5.91 Å². The van der Waals surface area contributed by atoms with E-state index < -0.39 is 12.5 Å². The van der Waals surface area contributed by atoms with Gasteiger partial charge >= 0.3 is 5.97 Å². The minimum absolute atomic E-state index is 0.297. The van der Waals surface area contributed by atoms with Crippen LogP contribution in [0.4, 0.5) is 5.69 Å². The average molecular weight is 377 g/mol. The van der Waals surface area contributed by atoms with Crippen molar-refractivity contribution in [1.29, 1.82) is 0 Å². The lowest BCUT2D eigenvalue weighted by atomic mass is 10.1. The van der Waals surface area contributed by atoms with Crippen LogP contribution in [0, 0.1) is 0 Å². The molecule has 5 nitrogen and oxygen atoms in total. The molecule has 1 aromatic carbocycles. The molecule has 3 rings (SSSR count). The number of aliphatic carboxylic acids is 1. The van der Waals surface area contributed by atoms with Gasteiger partial charge in [0.2, 0.25) is 0 Å². The van der Waals surface area contributed by atoms with Crippen LogP contribution in [0.1, 0.15) is 30.9 Å². The molecule has 1 N–H and O–H groups in total. The van der Waals surface area contributed by atoms with Gasteiger partial charge in [0, 0.05) is 18.8 Å². The summed E-state index contributed by atoms with van der Waals surface area (Å²) >= 11 is 6.28. The highest BCUT2D eigenvalue weighted by atomic mass is 32.2. The quantitative estimate of drug-likeness (QED) is 0.608. The number of carbonyl (C=O) groups is 2. The molecule has 0 saturated carbocycles. The molecule has 1 fully saturated rings. The van der Waals surface area contributed by atoms with E-state index in [9.17, 15) is 9.59 Å². The van der Waals surface area contributed by atoms with Gasteiger partial charge in [-0.3, -0.25) is 14.5 Å². The Hall–Kier alpha value is -1.86. The van der Waals surface area contributed by atoms with Crippen LogP contribution in [-0.2, 0) is 16.0 Å². The zero-order valence-corrected chi connectivity index (χ0v) is 15.7. The molecule has 0 spiro atoms. The molecule has 7 heteroatoms. The number of thioether (sulfide) groups is 1. The summed E-state index contributed by atoms with van der Waals surface area (Å²) in [5, 5.41) is 8.89. The first-order valence-corrected chi connectivity index (χ1v) is 9.57. The van der Waals surface area contributed by atoms with Gasteiger partial charge in [0.1, 0.15) is 10.9 Å². The van der Waals surface area contributed by atoms with Crippen LogP contribution in [-0.4, -0.2) is 45.8 Å². The van der Waals surface area contributed by atoms with Crippen LogP contribution in [0.15, 0.2) is 23.1 Å². The summed E-state index contributed by atoms with van der Waals surface area (Å²) < 4.78 is 0.297. The number of anilines is 1. The van der Waals surface area contributed by atoms with Crippen LogP contribution in [0.2, 0.25) is 0 Å². The number of carbonyl (C=O) groups excluding carboxylic acids is 1. The molecule has 0 radical (unpaired) electrons. The van der Waals surface area contributed by atoms with Crippen molar-refractivity contribution < 1.29 is 14.7 Å². The summed E-state index contributed by atoms with van der Waals surface area (Å²) in [6.45, 7) is 3.93. The summed E-state index contributed by atoms with van der Waals surface area (Å²) in [7, 11) is 0. The number of carboxylic acids is 1. The number of rotatable bonds is 6. The van der Waals surface area contributed by atoms with Gasteiger partial charge in [-0.1, -0.05) is 43.4 Å². The Morgan fingerprint density at radius 3 is 2.96 bits per heavy atom. The van der Waals surface area contributed by atoms with Crippen LogP contribution in [0.5, 0.6) is 0 Å². The predicted molar refractivity (Wildman–Crippen MR) is 105 cm³/mol. The molecule has 1 amide bonds. The third-order valence-corrected chi connectivity index (χ3v) is 5.72. The van der Waals surface area contributed by atoms with Crippen molar-refractivity contribution in [1.82, 2.24) is 4.90 Å². The second-order valence-electron chi connectivity index (χ2n) is 6.14. The predicted octanol–water partition coefficient (Wildman–Crippen LogP) is 3.14. The first-order valence-electron chi connectivity index (χ1n) is 8.34. The fourth-order valence-corrected chi connectivity index (χ4v) is 4.34. The third kappa shape index (κ3) is 3.88. The Labute approximate surface area is 156 Å². The van der Waals surface area contributed by atoms with Gasteiger partial charge in [-0.05, 0) is 42.2 Å². The maximum atomic E-state index is 12.3. The van der Waals surface area contributed by atoms with E-state index in [4.69, 9.17) is 17.3 Å². The lowest BCUT2D eigenvalue weighted by Crippen LogP contribution is -2.33. The Bertz CT molecular complexity index is 761. The molecular weight excluding hydrogens is 356 g/mol. The summed E-state index contributed by atoms with van der Waals surface area (Å²) in [5.41, 5.74) is 3.53. The van der Waals surface area contributed by atoms with Crippen LogP contribution in [0.25, 0.3) is 6.08 Å². The number of unbranched alkanes of at least 4 members (excludes halogenated alkanes) is 1. The highest BCUT2D eigenvalue weighted by Crippen LogP contribution is 2.34.